The molecule has 0 atom stereocenters. The van der Waals surface area contributed by atoms with Crippen molar-refractivity contribution in [1.82, 2.24) is 14.8 Å². The van der Waals surface area contributed by atoms with E-state index in [0.29, 0.717) is 0 Å². The monoisotopic (exact) mass is 483 g/mol. The summed E-state index contributed by atoms with van der Waals surface area (Å²) in [5.41, 5.74) is 6.20. The van der Waals surface area contributed by atoms with E-state index >= 15 is 0 Å². The highest BCUT2D eigenvalue weighted by atomic mass is 79.9. The Bertz CT molecular complexity index is 1130. The van der Waals surface area contributed by atoms with Crippen molar-refractivity contribution in [2.45, 2.75) is 38.2 Å². The van der Waals surface area contributed by atoms with E-state index in [9.17, 15) is 0 Å². The molecule has 148 valence electrons. The van der Waals surface area contributed by atoms with Gasteiger partial charge in [-0.3, -0.25) is 0 Å². The normalized spacial score (nSPS) is 11.2. The van der Waals surface area contributed by atoms with Crippen molar-refractivity contribution >= 4 is 39.0 Å². The Hall–Kier alpha value is -1.89. The van der Waals surface area contributed by atoms with Crippen molar-refractivity contribution in [1.29, 1.82) is 0 Å². The standard InChI is InChI=1S/C23H22BrN3S2/c1-4-27-22(25-26-23(27)29-13-17-6-5-7-19(24)12-17)20-14-28-16(3)21(20)18-10-8-15(2)9-11-18/h5-12,14H,4,13H2,1-3H3. The van der Waals surface area contributed by atoms with Crippen LogP contribution < -0.4 is 0 Å². The summed E-state index contributed by atoms with van der Waals surface area (Å²) in [5, 5.41) is 12.3. The van der Waals surface area contributed by atoms with Gasteiger partial charge in [0, 0.05) is 38.2 Å². The zero-order chi connectivity index (χ0) is 20.4. The minimum Gasteiger partial charge on any atom is -0.302 e. The van der Waals surface area contributed by atoms with Gasteiger partial charge in [-0.05, 0) is 44.0 Å². The van der Waals surface area contributed by atoms with Gasteiger partial charge in [-0.15, -0.1) is 21.5 Å². The van der Waals surface area contributed by atoms with E-state index in [1.54, 1.807) is 23.1 Å². The van der Waals surface area contributed by atoms with E-state index in [-0.39, 0.29) is 0 Å². The van der Waals surface area contributed by atoms with Crippen molar-refractivity contribution < 1.29 is 0 Å². The highest BCUT2D eigenvalue weighted by Crippen LogP contribution is 2.39. The first kappa shape index (κ1) is 20.4. The summed E-state index contributed by atoms with van der Waals surface area (Å²) in [6, 6.07) is 17.1. The number of aryl methyl sites for hydroxylation is 2. The van der Waals surface area contributed by atoms with Gasteiger partial charge in [0.1, 0.15) is 0 Å². The highest BCUT2D eigenvalue weighted by molar-refractivity contribution is 9.10. The topological polar surface area (TPSA) is 30.7 Å². The van der Waals surface area contributed by atoms with Gasteiger partial charge in [0.05, 0.1) is 0 Å². The summed E-state index contributed by atoms with van der Waals surface area (Å²) in [5.74, 6) is 1.81. The van der Waals surface area contributed by atoms with Crippen LogP contribution in [0.2, 0.25) is 0 Å². The van der Waals surface area contributed by atoms with Gasteiger partial charge in [0.25, 0.3) is 0 Å². The lowest BCUT2D eigenvalue weighted by Gasteiger charge is -2.10. The molecule has 4 aromatic rings. The van der Waals surface area contributed by atoms with Crippen molar-refractivity contribution in [3.8, 4) is 22.5 Å². The van der Waals surface area contributed by atoms with Gasteiger partial charge in [-0.25, -0.2) is 0 Å². The summed E-state index contributed by atoms with van der Waals surface area (Å²) >= 11 is 7.05. The predicted octanol–water partition coefficient (Wildman–Crippen LogP) is 7.37. The molecule has 4 rings (SSSR count). The van der Waals surface area contributed by atoms with Crippen molar-refractivity contribution in [2.75, 3.05) is 0 Å². The largest absolute Gasteiger partial charge is 0.302 e. The van der Waals surface area contributed by atoms with Crippen molar-refractivity contribution in [3.05, 3.63) is 74.4 Å². The lowest BCUT2D eigenvalue weighted by atomic mass is 10.0. The zero-order valence-electron chi connectivity index (χ0n) is 16.6. The van der Waals surface area contributed by atoms with E-state index < -0.39 is 0 Å². The molecule has 0 aliphatic carbocycles. The molecule has 0 aliphatic rings. The van der Waals surface area contributed by atoms with Crippen LogP contribution in [0.4, 0.5) is 0 Å². The van der Waals surface area contributed by atoms with Crippen LogP contribution in [0.3, 0.4) is 0 Å². The molecule has 0 bridgehead atoms. The van der Waals surface area contributed by atoms with E-state index in [1.807, 2.05) is 6.07 Å². The Morgan fingerprint density at radius 1 is 1.07 bits per heavy atom. The SMILES string of the molecule is CCn1c(SCc2cccc(Br)c2)nnc1-c1csc(C)c1-c1ccc(C)cc1. The van der Waals surface area contributed by atoms with Gasteiger partial charge in [-0.1, -0.05) is 69.7 Å². The van der Waals surface area contributed by atoms with Gasteiger partial charge < -0.3 is 4.57 Å². The second kappa shape index (κ2) is 8.86. The number of thioether (sulfide) groups is 1. The van der Waals surface area contributed by atoms with Gasteiger partial charge in [0.15, 0.2) is 11.0 Å². The number of rotatable bonds is 6. The lowest BCUT2D eigenvalue weighted by Crippen LogP contribution is -2.00. The second-order valence-corrected chi connectivity index (χ2v) is 9.86. The molecule has 0 saturated heterocycles. The summed E-state index contributed by atoms with van der Waals surface area (Å²) in [4.78, 5) is 1.30. The van der Waals surface area contributed by atoms with Crippen molar-refractivity contribution in [3.63, 3.8) is 0 Å². The fraction of sp³-hybridized carbons (Fsp3) is 0.217. The quantitative estimate of drug-likeness (QED) is 0.268. The number of nitrogens with zero attached hydrogens (tertiary/aromatic N) is 3. The minimum atomic E-state index is 0.839. The first-order valence-electron chi connectivity index (χ1n) is 9.52. The third-order valence-electron chi connectivity index (χ3n) is 4.85. The number of aromatic nitrogens is 3. The fourth-order valence-corrected chi connectivity index (χ4v) is 5.61. The molecule has 0 N–H and O–H groups in total. The first-order valence-corrected chi connectivity index (χ1v) is 12.2. The minimum absolute atomic E-state index is 0.839. The van der Waals surface area contributed by atoms with Crippen LogP contribution in [0.25, 0.3) is 22.5 Å². The maximum Gasteiger partial charge on any atom is 0.191 e. The first-order chi connectivity index (χ1) is 14.1. The molecular formula is C23H22BrN3S2. The van der Waals surface area contributed by atoms with Gasteiger partial charge in [-0.2, -0.15) is 0 Å². The van der Waals surface area contributed by atoms with E-state index in [1.165, 1.54) is 32.7 Å². The third kappa shape index (κ3) is 4.34. The molecule has 0 amide bonds. The van der Waals surface area contributed by atoms with Crippen LogP contribution in [-0.2, 0) is 12.3 Å². The third-order valence-corrected chi connectivity index (χ3v) is 7.29. The fourth-order valence-electron chi connectivity index (χ4n) is 3.35. The van der Waals surface area contributed by atoms with Crippen LogP contribution in [0.1, 0.15) is 22.9 Å². The van der Waals surface area contributed by atoms with Crippen LogP contribution in [0, 0.1) is 13.8 Å². The maximum absolute atomic E-state index is 4.59. The molecule has 0 unspecified atom stereocenters. The zero-order valence-corrected chi connectivity index (χ0v) is 19.9. The molecule has 0 spiro atoms. The molecule has 2 heterocycles. The average molecular weight is 484 g/mol. The lowest BCUT2D eigenvalue weighted by molar-refractivity contribution is 0.687. The summed E-state index contributed by atoms with van der Waals surface area (Å²) in [6.45, 7) is 7.29. The predicted molar refractivity (Wildman–Crippen MR) is 128 cm³/mol. The summed E-state index contributed by atoms with van der Waals surface area (Å²) < 4.78 is 3.33. The second-order valence-electron chi connectivity index (χ2n) is 6.92. The molecule has 0 radical (unpaired) electrons. The number of hydrogen-bond acceptors (Lipinski definition) is 4. The molecule has 6 heteroatoms. The molecule has 0 fully saturated rings. The van der Waals surface area contributed by atoms with E-state index in [0.717, 1.165) is 27.8 Å². The van der Waals surface area contributed by atoms with E-state index in [2.05, 4.69) is 99.3 Å². The van der Waals surface area contributed by atoms with Crippen LogP contribution >= 0.6 is 39.0 Å². The summed E-state index contributed by atoms with van der Waals surface area (Å²) in [7, 11) is 0. The number of benzene rings is 2. The molecule has 3 nitrogen and oxygen atoms in total. The molecule has 29 heavy (non-hydrogen) atoms. The Kier molecular flexibility index (Phi) is 6.23. The molecular weight excluding hydrogens is 462 g/mol. The Morgan fingerprint density at radius 2 is 1.86 bits per heavy atom. The smallest absolute Gasteiger partial charge is 0.191 e. The maximum atomic E-state index is 4.59. The van der Waals surface area contributed by atoms with Crippen LogP contribution in [0.15, 0.2) is 63.5 Å². The highest BCUT2D eigenvalue weighted by Gasteiger charge is 2.20. The van der Waals surface area contributed by atoms with Crippen molar-refractivity contribution in [2.24, 2.45) is 0 Å². The average Bonchev–Trinajstić information content (AvgIpc) is 3.30. The number of halogens is 1. The molecule has 0 saturated carbocycles. The van der Waals surface area contributed by atoms with Crippen LogP contribution in [0.5, 0.6) is 0 Å². The molecule has 2 aromatic heterocycles. The summed E-state index contributed by atoms with van der Waals surface area (Å²) in [6.07, 6.45) is 0. The molecule has 0 aliphatic heterocycles. The van der Waals surface area contributed by atoms with Gasteiger partial charge >= 0.3 is 0 Å². The van der Waals surface area contributed by atoms with Crippen LogP contribution in [-0.4, -0.2) is 14.8 Å². The Balaban J connectivity index is 1.67. The number of hydrogen-bond donors (Lipinski definition) is 0. The molecule has 2 aromatic carbocycles. The number of thiophene rings is 1. The Labute approximate surface area is 188 Å². The Morgan fingerprint density at radius 3 is 2.59 bits per heavy atom. The van der Waals surface area contributed by atoms with E-state index in [4.69, 9.17) is 0 Å². The van der Waals surface area contributed by atoms with Gasteiger partial charge in [0.2, 0.25) is 0 Å².